The number of azide groups is 1. The lowest BCUT2D eigenvalue weighted by Crippen LogP contribution is -2.50. The minimum atomic E-state index is -4.61. The fraction of sp³-hybridized carbons (Fsp3) is 0.257. The Hall–Kier alpha value is -5.32. The molecule has 1 heterocycles. The number of nitrogens with one attached hydrogen (secondary N) is 1. The number of ether oxygens (including phenoxy) is 2. The molecule has 1 aliphatic heterocycles. The van der Waals surface area contributed by atoms with Crippen molar-refractivity contribution in [3.05, 3.63) is 147 Å². The molecule has 4 aromatic carbocycles. The average Bonchev–Trinajstić information content (AvgIpc) is 3.47. The van der Waals surface area contributed by atoms with E-state index in [0.717, 1.165) is 6.07 Å². The van der Waals surface area contributed by atoms with Gasteiger partial charge < -0.3 is 19.9 Å². The standard InChI is InChI=1S/C35H32F3N5O4/c36-35(37,38)30-14-7-6-13-28(30)22-40-33(45)34(21-26-11-4-5-12-27(26)23-41-43-39)31(24-9-2-1-3-10-24)47-32(42-34)25-15-17-29(18-16-25)46-20-8-19-44/h1-7,9-18,31,44H,8,19-23H2,(H,40,45)/t31-,34-/m1/s1. The van der Waals surface area contributed by atoms with Crippen LogP contribution in [0.2, 0.25) is 0 Å². The van der Waals surface area contributed by atoms with Gasteiger partial charge in [0.25, 0.3) is 5.91 Å². The fourth-order valence-electron chi connectivity index (χ4n) is 5.47. The zero-order chi connectivity index (χ0) is 33.3. The van der Waals surface area contributed by atoms with Crippen molar-refractivity contribution >= 4 is 11.8 Å². The van der Waals surface area contributed by atoms with Crippen molar-refractivity contribution < 1.29 is 32.5 Å². The Bertz CT molecular complexity index is 1760. The van der Waals surface area contributed by atoms with Gasteiger partial charge in [0, 0.05) is 36.5 Å². The van der Waals surface area contributed by atoms with E-state index in [1.54, 1.807) is 72.8 Å². The molecule has 0 bridgehead atoms. The molecule has 1 aliphatic rings. The van der Waals surface area contributed by atoms with E-state index in [-0.39, 0.29) is 31.0 Å². The summed E-state index contributed by atoms with van der Waals surface area (Å²) in [6.45, 7) is -0.0434. The Morgan fingerprint density at radius 2 is 1.62 bits per heavy atom. The molecule has 2 atom stereocenters. The number of hydrogen-bond donors (Lipinski definition) is 2. The van der Waals surface area contributed by atoms with Crippen LogP contribution in [0.5, 0.6) is 5.75 Å². The first-order chi connectivity index (χ1) is 22.7. The van der Waals surface area contributed by atoms with Crippen LogP contribution in [-0.2, 0) is 35.2 Å². The van der Waals surface area contributed by atoms with Crippen molar-refractivity contribution in [1.29, 1.82) is 0 Å². The molecule has 0 fully saturated rings. The van der Waals surface area contributed by atoms with Gasteiger partial charge in [-0.15, -0.1) is 0 Å². The molecule has 0 unspecified atom stereocenters. The van der Waals surface area contributed by atoms with Crippen molar-refractivity contribution in [3.63, 3.8) is 0 Å². The summed E-state index contributed by atoms with van der Waals surface area (Å²) in [6.07, 6.45) is -5.11. The van der Waals surface area contributed by atoms with Crippen LogP contribution in [0.1, 0.15) is 45.9 Å². The highest BCUT2D eigenvalue weighted by molar-refractivity contribution is 6.01. The largest absolute Gasteiger partial charge is 0.494 e. The first-order valence-corrected chi connectivity index (χ1v) is 14.9. The van der Waals surface area contributed by atoms with E-state index in [2.05, 4.69) is 15.3 Å². The summed E-state index contributed by atoms with van der Waals surface area (Å²) in [5.41, 5.74) is 8.88. The van der Waals surface area contributed by atoms with E-state index in [1.807, 2.05) is 6.07 Å². The quantitative estimate of drug-likeness (QED) is 0.0697. The summed E-state index contributed by atoms with van der Waals surface area (Å²) in [7, 11) is 0. The second-order valence-corrected chi connectivity index (χ2v) is 10.9. The van der Waals surface area contributed by atoms with Crippen LogP contribution in [0.3, 0.4) is 0 Å². The molecular formula is C35H32F3N5O4. The number of alkyl halides is 3. The number of amides is 1. The molecule has 9 nitrogen and oxygen atoms in total. The van der Waals surface area contributed by atoms with Crippen LogP contribution in [-0.4, -0.2) is 35.7 Å². The maximum Gasteiger partial charge on any atom is 0.416 e. The lowest BCUT2D eigenvalue weighted by molar-refractivity contribution is -0.138. The van der Waals surface area contributed by atoms with Gasteiger partial charge in [-0.05, 0) is 58.1 Å². The van der Waals surface area contributed by atoms with Crippen LogP contribution in [0.25, 0.3) is 10.4 Å². The summed E-state index contributed by atoms with van der Waals surface area (Å²) in [6, 6.07) is 28.2. The molecule has 0 aliphatic carbocycles. The summed E-state index contributed by atoms with van der Waals surface area (Å²) >= 11 is 0. The Balaban J connectivity index is 1.59. The van der Waals surface area contributed by atoms with Crippen molar-refractivity contribution in [1.82, 2.24) is 5.32 Å². The zero-order valence-corrected chi connectivity index (χ0v) is 25.2. The Morgan fingerprint density at radius 1 is 0.957 bits per heavy atom. The first-order valence-electron chi connectivity index (χ1n) is 14.9. The summed E-state index contributed by atoms with van der Waals surface area (Å²) < 4.78 is 53.6. The Labute approximate surface area is 269 Å². The molecule has 2 N–H and O–H groups in total. The zero-order valence-electron chi connectivity index (χ0n) is 25.2. The van der Waals surface area contributed by atoms with E-state index in [1.165, 1.54) is 18.2 Å². The number of aliphatic imine (C=N–C) groups is 1. The molecule has 242 valence electrons. The molecule has 0 radical (unpaired) electrons. The molecule has 0 aromatic heterocycles. The van der Waals surface area contributed by atoms with Gasteiger partial charge >= 0.3 is 6.18 Å². The number of hydrogen-bond acceptors (Lipinski definition) is 6. The predicted molar refractivity (Wildman–Crippen MR) is 169 cm³/mol. The summed E-state index contributed by atoms with van der Waals surface area (Å²) in [5.74, 6) is 0.0970. The van der Waals surface area contributed by atoms with E-state index in [0.29, 0.717) is 41.0 Å². The highest BCUT2D eigenvalue weighted by Crippen LogP contribution is 2.43. The first kappa shape index (κ1) is 33.1. The van der Waals surface area contributed by atoms with Crippen molar-refractivity contribution in [2.75, 3.05) is 13.2 Å². The minimum Gasteiger partial charge on any atom is -0.494 e. The average molecular weight is 644 g/mol. The van der Waals surface area contributed by atoms with Gasteiger partial charge in [0.15, 0.2) is 11.6 Å². The van der Waals surface area contributed by atoms with Gasteiger partial charge in [0.2, 0.25) is 5.90 Å². The third-order valence-corrected chi connectivity index (χ3v) is 7.78. The van der Waals surface area contributed by atoms with Gasteiger partial charge in [-0.3, -0.25) is 4.79 Å². The van der Waals surface area contributed by atoms with Crippen molar-refractivity contribution in [3.8, 4) is 5.75 Å². The maximum atomic E-state index is 14.5. The van der Waals surface area contributed by atoms with Crippen LogP contribution in [0.4, 0.5) is 13.2 Å². The fourth-order valence-corrected chi connectivity index (χ4v) is 5.47. The summed E-state index contributed by atoms with van der Waals surface area (Å²) in [4.78, 5) is 22.3. The number of halogens is 3. The highest BCUT2D eigenvalue weighted by atomic mass is 19.4. The normalized spacial score (nSPS) is 17.3. The van der Waals surface area contributed by atoms with Crippen molar-refractivity contribution in [2.45, 2.75) is 43.8 Å². The molecule has 0 saturated carbocycles. The molecule has 47 heavy (non-hydrogen) atoms. The van der Waals surface area contributed by atoms with Crippen LogP contribution in [0.15, 0.2) is 113 Å². The van der Waals surface area contributed by atoms with Crippen LogP contribution >= 0.6 is 0 Å². The van der Waals surface area contributed by atoms with E-state index >= 15 is 0 Å². The monoisotopic (exact) mass is 643 g/mol. The number of rotatable bonds is 13. The number of benzene rings is 4. The SMILES string of the molecule is [N-]=[N+]=NCc1ccccc1C[C@@]1(C(=O)NCc2ccccc2C(F)(F)F)N=C(c2ccc(OCCCO)cc2)O[C@@H]1c1ccccc1. The van der Waals surface area contributed by atoms with E-state index in [9.17, 15) is 18.0 Å². The summed E-state index contributed by atoms with van der Waals surface area (Å²) in [5, 5.41) is 15.5. The third-order valence-electron chi connectivity index (χ3n) is 7.78. The molecule has 12 heteroatoms. The number of aliphatic hydroxyl groups excluding tert-OH is 1. The second-order valence-electron chi connectivity index (χ2n) is 10.9. The topological polar surface area (TPSA) is 129 Å². The minimum absolute atomic E-state index is 0.00152. The number of carbonyl (C=O) groups excluding carboxylic acids is 1. The lowest BCUT2D eigenvalue weighted by atomic mass is 9.81. The van der Waals surface area contributed by atoms with Crippen molar-refractivity contribution in [2.24, 2.45) is 10.1 Å². The van der Waals surface area contributed by atoms with Gasteiger partial charge in [-0.1, -0.05) is 77.9 Å². The van der Waals surface area contributed by atoms with Gasteiger partial charge in [0.05, 0.1) is 18.7 Å². The van der Waals surface area contributed by atoms with E-state index in [4.69, 9.17) is 25.1 Å². The number of nitrogens with zero attached hydrogens (tertiary/aromatic N) is 4. The molecular weight excluding hydrogens is 611 g/mol. The molecule has 1 amide bonds. The van der Waals surface area contributed by atoms with Gasteiger partial charge in [0.1, 0.15) is 5.75 Å². The van der Waals surface area contributed by atoms with Gasteiger partial charge in [-0.2, -0.15) is 13.2 Å². The molecule has 4 aromatic rings. The maximum absolute atomic E-state index is 14.5. The van der Waals surface area contributed by atoms with Crippen LogP contribution in [0, 0.1) is 0 Å². The van der Waals surface area contributed by atoms with Gasteiger partial charge in [-0.25, -0.2) is 4.99 Å². The Kier molecular flexibility index (Phi) is 10.4. The van der Waals surface area contributed by atoms with Crippen LogP contribution < -0.4 is 10.1 Å². The van der Waals surface area contributed by atoms with E-state index < -0.39 is 35.8 Å². The smallest absolute Gasteiger partial charge is 0.416 e. The molecule has 5 rings (SSSR count). The second kappa shape index (κ2) is 14.8. The Morgan fingerprint density at radius 3 is 2.30 bits per heavy atom. The number of carbonyl (C=O) groups is 1. The lowest BCUT2D eigenvalue weighted by Gasteiger charge is -2.31. The molecule has 0 saturated heterocycles. The third kappa shape index (κ3) is 7.74. The highest BCUT2D eigenvalue weighted by Gasteiger charge is 2.53. The molecule has 0 spiro atoms. The predicted octanol–water partition coefficient (Wildman–Crippen LogP) is 7.09. The number of aliphatic hydroxyl groups is 1.